The van der Waals surface area contributed by atoms with Gasteiger partial charge in [-0.05, 0) is 45.2 Å². The molecule has 214 valence electrons. The number of anilines is 1. The summed E-state index contributed by atoms with van der Waals surface area (Å²) in [6, 6.07) is 7.49. The number of aliphatic hydroxyl groups excluding tert-OH is 1. The Bertz CT molecular complexity index is 1370. The fourth-order valence-electron chi connectivity index (χ4n) is 5.15. The molecule has 2 aromatic heterocycles. The van der Waals surface area contributed by atoms with E-state index in [9.17, 15) is 19.8 Å². The van der Waals surface area contributed by atoms with Crippen LogP contribution in [-0.2, 0) is 14.3 Å². The number of benzene rings is 1. The SMILES string of the molecule is COc1ccccc1C(CN1c2sc(-c3ncco3)c(C)c2C(=O)N(C(C)(C)C(=O)O)C1O)OC1CCOCC1. The molecule has 40 heavy (non-hydrogen) atoms. The Balaban J connectivity index is 1.63. The van der Waals surface area contributed by atoms with Gasteiger partial charge in [0.05, 0.1) is 36.4 Å². The van der Waals surface area contributed by atoms with Crippen molar-refractivity contribution in [1.82, 2.24) is 9.88 Å². The number of oxazole rings is 1. The number of fused-ring (bicyclic) bond motifs is 1. The highest BCUT2D eigenvalue weighted by molar-refractivity contribution is 7.20. The zero-order valence-electron chi connectivity index (χ0n) is 22.8. The van der Waals surface area contributed by atoms with E-state index in [2.05, 4.69) is 4.98 Å². The van der Waals surface area contributed by atoms with Crippen LogP contribution in [0.4, 0.5) is 5.00 Å². The maximum atomic E-state index is 13.9. The highest BCUT2D eigenvalue weighted by Crippen LogP contribution is 2.47. The predicted octanol–water partition coefficient (Wildman–Crippen LogP) is 4.06. The molecule has 12 heteroatoms. The molecule has 1 saturated heterocycles. The maximum Gasteiger partial charge on any atom is 0.329 e. The van der Waals surface area contributed by atoms with Gasteiger partial charge in [-0.1, -0.05) is 18.2 Å². The van der Waals surface area contributed by atoms with Crippen molar-refractivity contribution in [3.05, 3.63) is 53.4 Å². The molecular formula is C28H33N3O8S. The van der Waals surface area contributed by atoms with Gasteiger partial charge < -0.3 is 33.7 Å². The monoisotopic (exact) mass is 571 g/mol. The number of rotatable bonds is 9. The van der Waals surface area contributed by atoms with Gasteiger partial charge in [-0.15, -0.1) is 11.3 Å². The number of carboxylic acids is 1. The third-order valence-corrected chi connectivity index (χ3v) is 8.77. The molecule has 0 bridgehead atoms. The number of methoxy groups -OCH3 is 1. The van der Waals surface area contributed by atoms with E-state index in [-0.39, 0.29) is 12.6 Å². The zero-order chi connectivity index (χ0) is 28.6. The van der Waals surface area contributed by atoms with E-state index in [1.165, 1.54) is 37.6 Å². The molecule has 5 rings (SSSR count). The van der Waals surface area contributed by atoms with E-state index < -0.39 is 29.9 Å². The number of aliphatic hydroxyl groups is 1. The summed E-state index contributed by atoms with van der Waals surface area (Å²) in [5.41, 5.74) is -0.0596. The third-order valence-electron chi connectivity index (χ3n) is 7.46. The van der Waals surface area contributed by atoms with Crippen LogP contribution in [0.5, 0.6) is 5.75 Å². The number of hydrogen-bond donors (Lipinski definition) is 2. The van der Waals surface area contributed by atoms with E-state index >= 15 is 0 Å². The molecule has 0 saturated carbocycles. The number of carbonyl (C=O) groups is 2. The van der Waals surface area contributed by atoms with Gasteiger partial charge >= 0.3 is 5.97 Å². The fourth-order valence-corrected chi connectivity index (χ4v) is 6.42. The van der Waals surface area contributed by atoms with Crippen LogP contribution < -0.4 is 9.64 Å². The quantitative estimate of drug-likeness (QED) is 0.387. The highest BCUT2D eigenvalue weighted by atomic mass is 32.1. The van der Waals surface area contributed by atoms with Gasteiger partial charge in [0, 0.05) is 18.8 Å². The molecule has 2 unspecified atom stereocenters. The molecule has 1 fully saturated rings. The molecule has 2 aliphatic rings. The molecule has 0 radical (unpaired) electrons. The second kappa shape index (κ2) is 11.2. The molecular weight excluding hydrogens is 538 g/mol. The summed E-state index contributed by atoms with van der Waals surface area (Å²) in [5.74, 6) is -0.878. The minimum Gasteiger partial charge on any atom is -0.496 e. The first-order valence-corrected chi connectivity index (χ1v) is 13.9. The Hall–Kier alpha value is -3.45. The number of aromatic nitrogens is 1. The number of carbonyl (C=O) groups excluding carboxylic acids is 1. The van der Waals surface area contributed by atoms with Crippen LogP contribution in [0.25, 0.3) is 10.8 Å². The van der Waals surface area contributed by atoms with E-state index in [1.807, 2.05) is 24.3 Å². The van der Waals surface area contributed by atoms with Crippen molar-refractivity contribution >= 4 is 28.2 Å². The molecule has 4 heterocycles. The summed E-state index contributed by atoms with van der Waals surface area (Å²) in [4.78, 5) is 33.7. The summed E-state index contributed by atoms with van der Waals surface area (Å²) in [6.07, 6.45) is 2.12. The Morgan fingerprint density at radius 2 is 2.00 bits per heavy atom. The van der Waals surface area contributed by atoms with Crippen LogP contribution in [0.1, 0.15) is 54.3 Å². The molecule has 1 amide bonds. The Morgan fingerprint density at radius 3 is 2.65 bits per heavy atom. The summed E-state index contributed by atoms with van der Waals surface area (Å²) in [6.45, 7) is 5.83. The lowest BCUT2D eigenvalue weighted by molar-refractivity contribution is -0.154. The van der Waals surface area contributed by atoms with Crippen molar-refractivity contribution in [1.29, 1.82) is 0 Å². The molecule has 1 aromatic carbocycles. The van der Waals surface area contributed by atoms with Gasteiger partial charge in [0.2, 0.25) is 12.2 Å². The first kappa shape index (κ1) is 28.1. The third kappa shape index (κ3) is 4.96. The van der Waals surface area contributed by atoms with Gasteiger partial charge in [-0.25, -0.2) is 9.78 Å². The molecule has 3 aromatic rings. The minimum atomic E-state index is -1.72. The molecule has 0 spiro atoms. The van der Waals surface area contributed by atoms with Crippen LogP contribution in [0.2, 0.25) is 0 Å². The van der Waals surface area contributed by atoms with Crippen molar-refractivity contribution in [3.8, 4) is 16.5 Å². The summed E-state index contributed by atoms with van der Waals surface area (Å²) >= 11 is 1.26. The number of nitrogens with zero attached hydrogens (tertiary/aromatic N) is 3. The largest absolute Gasteiger partial charge is 0.496 e. The van der Waals surface area contributed by atoms with Gasteiger partial charge in [-0.2, -0.15) is 0 Å². The lowest BCUT2D eigenvalue weighted by atomic mass is 9.98. The van der Waals surface area contributed by atoms with Gasteiger partial charge in [0.1, 0.15) is 28.7 Å². The number of ether oxygens (including phenoxy) is 3. The van der Waals surface area contributed by atoms with E-state index in [1.54, 1.807) is 18.9 Å². The molecule has 11 nitrogen and oxygen atoms in total. The zero-order valence-corrected chi connectivity index (χ0v) is 23.6. The van der Waals surface area contributed by atoms with Crippen LogP contribution >= 0.6 is 11.3 Å². The maximum absolute atomic E-state index is 13.9. The van der Waals surface area contributed by atoms with Crippen molar-refractivity contribution < 1.29 is 38.4 Å². The number of para-hydroxylation sites is 1. The number of aliphatic carboxylic acids is 1. The van der Waals surface area contributed by atoms with Crippen LogP contribution in [0.15, 0.2) is 41.1 Å². The normalized spacial score (nSPS) is 19.0. The smallest absolute Gasteiger partial charge is 0.329 e. The van der Waals surface area contributed by atoms with E-state index in [0.29, 0.717) is 58.7 Å². The van der Waals surface area contributed by atoms with Crippen LogP contribution in [0, 0.1) is 6.92 Å². The van der Waals surface area contributed by atoms with Gasteiger partial charge in [0.25, 0.3) is 5.91 Å². The lowest BCUT2D eigenvalue weighted by Gasteiger charge is -2.47. The standard InChI is InChI=1S/C28H33N3O8S/c1-16-21-24(32)31(28(2,3)26(33)34)27(35)30(25(21)40-22(16)23-29-11-14-38-23)15-20(39-17-9-12-37-13-10-17)18-7-5-6-8-19(18)36-4/h5-8,11,14,17,20,27,35H,9-10,12-13,15H2,1-4H3,(H,33,34). The Morgan fingerprint density at radius 1 is 1.27 bits per heavy atom. The summed E-state index contributed by atoms with van der Waals surface area (Å²) in [7, 11) is 1.58. The molecule has 0 aliphatic carbocycles. The van der Waals surface area contributed by atoms with E-state index in [4.69, 9.17) is 18.6 Å². The number of hydrogen-bond acceptors (Lipinski definition) is 10. The Kier molecular flexibility index (Phi) is 7.87. The molecule has 2 atom stereocenters. The average Bonchev–Trinajstić information content (AvgIpc) is 3.59. The van der Waals surface area contributed by atoms with Gasteiger partial charge in [0.15, 0.2) is 0 Å². The topological polar surface area (TPSA) is 135 Å². The second-order valence-corrected chi connectivity index (χ2v) is 11.3. The van der Waals surface area contributed by atoms with Crippen LogP contribution in [0.3, 0.4) is 0 Å². The second-order valence-electron chi connectivity index (χ2n) is 10.3. The first-order chi connectivity index (χ1) is 19.1. The first-order valence-electron chi connectivity index (χ1n) is 13.1. The van der Waals surface area contributed by atoms with Crippen molar-refractivity contribution in [2.75, 3.05) is 31.8 Å². The molecule has 2 N–H and O–H groups in total. The van der Waals surface area contributed by atoms with Crippen molar-refractivity contribution in [3.63, 3.8) is 0 Å². The summed E-state index contributed by atoms with van der Waals surface area (Å²) in [5, 5.41) is 22.2. The van der Waals surface area contributed by atoms with Crippen LogP contribution in [-0.4, -0.2) is 76.8 Å². The average molecular weight is 572 g/mol. The predicted molar refractivity (Wildman–Crippen MR) is 146 cm³/mol. The summed E-state index contributed by atoms with van der Waals surface area (Å²) < 4.78 is 23.3. The molecule has 2 aliphatic heterocycles. The number of thiophene rings is 1. The highest BCUT2D eigenvalue weighted by Gasteiger charge is 2.50. The van der Waals surface area contributed by atoms with Crippen molar-refractivity contribution in [2.45, 2.75) is 57.7 Å². The Labute approximate surface area is 235 Å². The van der Waals surface area contributed by atoms with Gasteiger partial charge in [-0.3, -0.25) is 9.69 Å². The van der Waals surface area contributed by atoms with Crippen molar-refractivity contribution in [2.24, 2.45) is 0 Å². The minimum absolute atomic E-state index is 0.0915. The lowest BCUT2D eigenvalue weighted by Crippen LogP contribution is -2.65. The fraction of sp³-hybridized carbons (Fsp3) is 0.464. The number of carboxylic acid groups (broad SMARTS) is 1. The number of amides is 1. The van der Waals surface area contributed by atoms with E-state index in [0.717, 1.165) is 10.5 Å².